The van der Waals surface area contributed by atoms with Crippen LogP contribution in [0.5, 0.6) is 0 Å². The highest BCUT2D eigenvalue weighted by Gasteiger charge is 2.14. The Morgan fingerprint density at radius 2 is 1.81 bits per heavy atom. The fraction of sp³-hybridized carbons (Fsp3) is 0.188. The lowest BCUT2D eigenvalue weighted by Gasteiger charge is -2.18. The molecule has 21 heavy (non-hydrogen) atoms. The van der Waals surface area contributed by atoms with Gasteiger partial charge in [0, 0.05) is 21.3 Å². The van der Waals surface area contributed by atoms with E-state index in [4.69, 9.17) is 28.9 Å². The summed E-state index contributed by atoms with van der Waals surface area (Å²) in [5.41, 5.74) is 7.63. The lowest BCUT2D eigenvalue weighted by Crippen LogP contribution is -2.28. The molecular formula is C16H16Cl2N2O. The van der Waals surface area contributed by atoms with Gasteiger partial charge in [-0.15, -0.1) is 0 Å². The number of rotatable bonds is 4. The van der Waals surface area contributed by atoms with E-state index in [2.05, 4.69) is 5.32 Å². The number of nitrogens with one attached hydrogen (secondary N) is 1. The van der Waals surface area contributed by atoms with Crippen molar-refractivity contribution in [3.05, 3.63) is 63.6 Å². The average molecular weight is 323 g/mol. The second-order valence-electron chi connectivity index (χ2n) is 4.76. The minimum Gasteiger partial charge on any atom is -0.399 e. The standard InChI is InChI=1S/C16H16Cl2N2O/c1-2-15(10-3-5-12(17)6-4-10)20-16(21)11-7-13(18)9-14(19)8-11/h3-9,15H,2,19H2,1H3,(H,20,21). The van der Waals surface area contributed by atoms with Gasteiger partial charge in [-0.3, -0.25) is 4.79 Å². The number of anilines is 1. The quantitative estimate of drug-likeness (QED) is 0.816. The van der Waals surface area contributed by atoms with Gasteiger partial charge in [-0.2, -0.15) is 0 Å². The first-order valence-electron chi connectivity index (χ1n) is 6.62. The molecule has 0 saturated carbocycles. The zero-order valence-corrected chi connectivity index (χ0v) is 13.1. The molecule has 0 aliphatic carbocycles. The van der Waals surface area contributed by atoms with Crippen LogP contribution in [0.1, 0.15) is 35.3 Å². The molecule has 3 N–H and O–H groups in total. The Bertz CT molecular complexity index is 621. The van der Waals surface area contributed by atoms with Gasteiger partial charge in [-0.05, 0) is 42.3 Å². The average Bonchev–Trinajstić information content (AvgIpc) is 2.44. The fourth-order valence-electron chi connectivity index (χ4n) is 2.10. The smallest absolute Gasteiger partial charge is 0.251 e. The van der Waals surface area contributed by atoms with Crippen LogP contribution in [0.2, 0.25) is 10.0 Å². The van der Waals surface area contributed by atoms with Crippen LogP contribution in [0.4, 0.5) is 5.69 Å². The lowest BCUT2D eigenvalue weighted by atomic mass is 10.0. The Balaban J connectivity index is 2.18. The fourth-order valence-corrected chi connectivity index (χ4v) is 2.47. The van der Waals surface area contributed by atoms with Crippen LogP contribution in [0.15, 0.2) is 42.5 Å². The molecule has 3 nitrogen and oxygen atoms in total. The molecule has 2 aromatic carbocycles. The molecule has 1 atom stereocenters. The molecule has 2 rings (SSSR count). The van der Waals surface area contributed by atoms with Crippen LogP contribution in [0.3, 0.4) is 0 Å². The highest BCUT2D eigenvalue weighted by atomic mass is 35.5. The van der Waals surface area contributed by atoms with Crippen molar-refractivity contribution in [2.24, 2.45) is 0 Å². The van der Waals surface area contributed by atoms with Gasteiger partial charge in [0.05, 0.1) is 6.04 Å². The molecule has 0 aliphatic rings. The highest BCUT2D eigenvalue weighted by molar-refractivity contribution is 6.31. The summed E-state index contributed by atoms with van der Waals surface area (Å²) in [6.07, 6.45) is 0.767. The number of hydrogen-bond donors (Lipinski definition) is 2. The second kappa shape index (κ2) is 6.83. The van der Waals surface area contributed by atoms with Crippen molar-refractivity contribution in [3.63, 3.8) is 0 Å². The van der Waals surface area contributed by atoms with Crippen molar-refractivity contribution in [1.29, 1.82) is 0 Å². The van der Waals surface area contributed by atoms with E-state index in [1.54, 1.807) is 18.2 Å². The van der Waals surface area contributed by atoms with E-state index < -0.39 is 0 Å². The minimum absolute atomic E-state index is 0.0880. The molecule has 1 unspecified atom stereocenters. The maximum Gasteiger partial charge on any atom is 0.251 e. The third-order valence-corrected chi connectivity index (χ3v) is 3.64. The number of hydrogen-bond acceptors (Lipinski definition) is 2. The van der Waals surface area contributed by atoms with Gasteiger partial charge in [-0.1, -0.05) is 42.3 Å². The van der Waals surface area contributed by atoms with Gasteiger partial charge in [0.1, 0.15) is 0 Å². The van der Waals surface area contributed by atoms with E-state index >= 15 is 0 Å². The molecule has 0 aliphatic heterocycles. The summed E-state index contributed by atoms with van der Waals surface area (Å²) in [6.45, 7) is 2.01. The monoisotopic (exact) mass is 322 g/mol. The van der Waals surface area contributed by atoms with Gasteiger partial charge in [0.15, 0.2) is 0 Å². The molecule has 0 fully saturated rings. The van der Waals surface area contributed by atoms with Crippen LogP contribution in [0.25, 0.3) is 0 Å². The van der Waals surface area contributed by atoms with E-state index in [0.717, 1.165) is 12.0 Å². The topological polar surface area (TPSA) is 55.1 Å². The summed E-state index contributed by atoms with van der Waals surface area (Å²) in [5.74, 6) is -0.203. The SMILES string of the molecule is CCC(NC(=O)c1cc(N)cc(Cl)c1)c1ccc(Cl)cc1. The summed E-state index contributed by atoms with van der Waals surface area (Å²) in [4.78, 5) is 12.3. The predicted octanol–water partition coefficient (Wildman–Crippen LogP) is 4.46. The zero-order valence-electron chi connectivity index (χ0n) is 11.6. The number of benzene rings is 2. The van der Waals surface area contributed by atoms with Crippen LogP contribution in [-0.4, -0.2) is 5.91 Å². The first-order chi connectivity index (χ1) is 9.99. The van der Waals surface area contributed by atoms with Gasteiger partial charge in [0.2, 0.25) is 0 Å². The number of carbonyl (C=O) groups is 1. The number of nitrogen functional groups attached to an aromatic ring is 1. The van der Waals surface area contributed by atoms with Crippen LogP contribution < -0.4 is 11.1 Å². The van der Waals surface area contributed by atoms with Crippen LogP contribution >= 0.6 is 23.2 Å². The number of halogens is 2. The maximum atomic E-state index is 12.3. The zero-order chi connectivity index (χ0) is 15.4. The van der Waals surface area contributed by atoms with E-state index in [1.807, 2.05) is 31.2 Å². The predicted molar refractivity (Wildman–Crippen MR) is 87.8 cm³/mol. The van der Waals surface area contributed by atoms with Gasteiger partial charge in [-0.25, -0.2) is 0 Å². The van der Waals surface area contributed by atoms with Crippen LogP contribution in [0, 0.1) is 0 Å². The summed E-state index contributed by atoms with van der Waals surface area (Å²) >= 11 is 11.8. The minimum atomic E-state index is -0.203. The Morgan fingerprint density at radius 3 is 2.38 bits per heavy atom. The molecule has 0 aromatic heterocycles. The van der Waals surface area contributed by atoms with Crippen molar-refractivity contribution in [2.75, 3.05) is 5.73 Å². The Morgan fingerprint density at radius 1 is 1.14 bits per heavy atom. The molecule has 0 radical (unpaired) electrons. The van der Waals surface area contributed by atoms with Gasteiger partial charge in [0.25, 0.3) is 5.91 Å². The summed E-state index contributed by atoms with van der Waals surface area (Å²) in [6, 6.07) is 12.2. The summed E-state index contributed by atoms with van der Waals surface area (Å²) in [5, 5.41) is 4.09. The Kier molecular flexibility index (Phi) is 5.10. The molecule has 0 saturated heterocycles. The number of carbonyl (C=O) groups excluding carboxylic acids is 1. The number of amides is 1. The molecule has 2 aromatic rings. The first-order valence-corrected chi connectivity index (χ1v) is 7.37. The molecule has 1 amide bonds. The molecule has 0 spiro atoms. The van der Waals surface area contributed by atoms with Gasteiger partial charge < -0.3 is 11.1 Å². The third kappa shape index (κ3) is 4.13. The second-order valence-corrected chi connectivity index (χ2v) is 5.63. The molecule has 0 heterocycles. The molecule has 110 valence electrons. The van der Waals surface area contributed by atoms with Crippen LogP contribution in [-0.2, 0) is 0 Å². The Labute approximate surface area is 134 Å². The molecule has 0 bridgehead atoms. The van der Waals surface area contributed by atoms with Crippen molar-refractivity contribution in [1.82, 2.24) is 5.32 Å². The normalized spacial score (nSPS) is 12.0. The van der Waals surface area contributed by atoms with E-state index in [0.29, 0.717) is 21.3 Å². The highest BCUT2D eigenvalue weighted by Crippen LogP contribution is 2.21. The third-order valence-electron chi connectivity index (χ3n) is 3.17. The van der Waals surface area contributed by atoms with Crippen molar-refractivity contribution >= 4 is 34.8 Å². The first kappa shape index (κ1) is 15.7. The summed E-state index contributed by atoms with van der Waals surface area (Å²) in [7, 11) is 0. The maximum absolute atomic E-state index is 12.3. The van der Waals surface area contributed by atoms with E-state index in [-0.39, 0.29) is 11.9 Å². The largest absolute Gasteiger partial charge is 0.399 e. The molecule has 5 heteroatoms. The molecular weight excluding hydrogens is 307 g/mol. The van der Waals surface area contributed by atoms with Crippen molar-refractivity contribution in [2.45, 2.75) is 19.4 Å². The van der Waals surface area contributed by atoms with Crippen molar-refractivity contribution < 1.29 is 4.79 Å². The van der Waals surface area contributed by atoms with Crippen molar-refractivity contribution in [3.8, 4) is 0 Å². The summed E-state index contributed by atoms with van der Waals surface area (Å²) < 4.78 is 0. The Hall–Kier alpha value is -1.71. The number of nitrogens with two attached hydrogens (primary N) is 1. The van der Waals surface area contributed by atoms with E-state index in [1.165, 1.54) is 0 Å². The van der Waals surface area contributed by atoms with E-state index in [9.17, 15) is 4.79 Å². The van der Waals surface area contributed by atoms with Gasteiger partial charge >= 0.3 is 0 Å². The lowest BCUT2D eigenvalue weighted by molar-refractivity contribution is 0.0935.